The summed E-state index contributed by atoms with van der Waals surface area (Å²) < 4.78 is 0. The predicted molar refractivity (Wildman–Crippen MR) is 60.6 cm³/mol. The molecule has 0 radical (unpaired) electrons. The smallest absolute Gasteiger partial charge is 0.0396 e. The summed E-state index contributed by atoms with van der Waals surface area (Å²) in [6.45, 7) is 6.34. The number of rotatable bonds is 1. The first-order valence-corrected chi connectivity index (χ1v) is 5.18. The molecule has 0 amide bonds. The Morgan fingerprint density at radius 2 is 2.07 bits per heavy atom. The Kier molecular flexibility index (Phi) is 2.23. The van der Waals surface area contributed by atoms with Gasteiger partial charge in [-0.15, -0.1) is 0 Å². The highest BCUT2D eigenvalue weighted by molar-refractivity contribution is 5.54. The molecule has 2 heteroatoms. The molecule has 0 spiro atoms. The molecule has 2 N–H and O–H groups in total. The van der Waals surface area contributed by atoms with Crippen LogP contribution in [0.5, 0.6) is 0 Å². The van der Waals surface area contributed by atoms with Gasteiger partial charge in [-0.05, 0) is 31.9 Å². The van der Waals surface area contributed by atoms with Crippen LogP contribution in [0.15, 0.2) is 24.3 Å². The number of hydrogen-bond acceptors (Lipinski definition) is 2. The number of hydrogen-bond donors (Lipinski definition) is 1. The lowest BCUT2D eigenvalue weighted by atomic mass is 10.0. The van der Waals surface area contributed by atoms with Crippen molar-refractivity contribution in [2.75, 3.05) is 18.0 Å². The van der Waals surface area contributed by atoms with Crippen molar-refractivity contribution >= 4 is 5.69 Å². The van der Waals surface area contributed by atoms with Crippen molar-refractivity contribution in [3.8, 4) is 0 Å². The van der Waals surface area contributed by atoms with Crippen molar-refractivity contribution < 1.29 is 0 Å². The SMILES string of the molecule is Cc1ccccc1N1CCC(C)(N)C1. The average molecular weight is 190 g/mol. The highest BCUT2D eigenvalue weighted by Gasteiger charge is 2.30. The number of nitrogens with two attached hydrogens (primary N) is 1. The molecule has 1 aliphatic rings. The summed E-state index contributed by atoms with van der Waals surface area (Å²) in [5.74, 6) is 0. The molecule has 2 nitrogen and oxygen atoms in total. The lowest BCUT2D eigenvalue weighted by molar-refractivity contribution is 0.525. The molecule has 1 unspecified atom stereocenters. The van der Waals surface area contributed by atoms with Crippen LogP contribution in [0.2, 0.25) is 0 Å². The van der Waals surface area contributed by atoms with Crippen molar-refractivity contribution in [2.24, 2.45) is 5.73 Å². The summed E-state index contributed by atoms with van der Waals surface area (Å²) in [7, 11) is 0. The normalized spacial score (nSPS) is 26.9. The molecular formula is C12H18N2. The van der Waals surface area contributed by atoms with Gasteiger partial charge in [-0.2, -0.15) is 0 Å². The van der Waals surface area contributed by atoms with E-state index in [0.29, 0.717) is 0 Å². The van der Waals surface area contributed by atoms with Gasteiger partial charge >= 0.3 is 0 Å². The summed E-state index contributed by atoms with van der Waals surface area (Å²) in [4.78, 5) is 2.38. The molecule has 1 aromatic carbocycles. The van der Waals surface area contributed by atoms with Gasteiger partial charge in [0.25, 0.3) is 0 Å². The van der Waals surface area contributed by atoms with Crippen LogP contribution >= 0.6 is 0 Å². The van der Waals surface area contributed by atoms with Crippen molar-refractivity contribution in [3.05, 3.63) is 29.8 Å². The van der Waals surface area contributed by atoms with Crippen LogP contribution in [0.1, 0.15) is 18.9 Å². The first-order valence-electron chi connectivity index (χ1n) is 5.18. The summed E-state index contributed by atoms with van der Waals surface area (Å²) in [5, 5.41) is 0. The fraction of sp³-hybridized carbons (Fsp3) is 0.500. The average Bonchev–Trinajstić information content (AvgIpc) is 2.47. The second-order valence-electron chi connectivity index (χ2n) is 4.61. The number of para-hydroxylation sites is 1. The quantitative estimate of drug-likeness (QED) is 0.733. The van der Waals surface area contributed by atoms with Gasteiger partial charge < -0.3 is 10.6 Å². The van der Waals surface area contributed by atoms with Gasteiger partial charge in [0.1, 0.15) is 0 Å². The Balaban J connectivity index is 2.22. The van der Waals surface area contributed by atoms with Crippen LogP contribution < -0.4 is 10.6 Å². The standard InChI is InChI=1S/C12H18N2/c1-10-5-3-4-6-11(10)14-8-7-12(2,13)9-14/h3-6H,7-9,13H2,1-2H3. The van der Waals surface area contributed by atoms with E-state index in [0.717, 1.165) is 19.5 Å². The third-order valence-corrected chi connectivity index (χ3v) is 2.96. The van der Waals surface area contributed by atoms with Gasteiger partial charge in [0.05, 0.1) is 0 Å². The molecule has 1 aromatic rings. The summed E-state index contributed by atoms with van der Waals surface area (Å²) in [6.07, 6.45) is 1.08. The summed E-state index contributed by atoms with van der Waals surface area (Å²) in [5.41, 5.74) is 8.78. The number of nitrogens with zero attached hydrogens (tertiary/aromatic N) is 1. The molecule has 0 aliphatic carbocycles. The third kappa shape index (κ3) is 1.75. The van der Waals surface area contributed by atoms with Gasteiger partial charge in [-0.3, -0.25) is 0 Å². The van der Waals surface area contributed by atoms with E-state index in [2.05, 4.69) is 43.0 Å². The molecule has 76 valence electrons. The maximum atomic E-state index is 6.11. The molecule has 0 bridgehead atoms. The molecule has 2 rings (SSSR count). The lowest BCUT2D eigenvalue weighted by Crippen LogP contribution is -2.39. The number of benzene rings is 1. The highest BCUT2D eigenvalue weighted by Crippen LogP contribution is 2.27. The number of aryl methyl sites for hydroxylation is 1. The van der Waals surface area contributed by atoms with Crippen LogP contribution in [-0.4, -0.2) is 18.6 Å². The molecule has 1 saturated heterocycles. The molecule has 0 saturated carbocycles. The van der Waals surface area contributed by atoms with Crippen molar-refractivity contribution in [1.29, 1.82) is 0 Å². The van der Waals surface area contributed by atoms with Gasteiger partial charge in [0.2, 0.25) is 0 Å². The fourth-order valence-electron chi connectivity index (χ4n) is 2.11. The molecule has 14 heavy (non-hydrogen) atoms. The molecule has 1 fully saturated rings. The number of anilines is 1. The maximum absolute atomic E-state index is 6.11. The fourth-order valence-corrected chi connectivity index (χ4v) is 2.11. The second-order valence-corrected chi connectivity index (χ2v) is 4.61. The molecular weight excluding hydrogens is 172 g/mol. The van der Waals surface area contributed by atoms with E-state index in [4.69, 9.17) is 5.73 Å². The van der Waals surface area contributed by atoms with Gasteiger partial charge in [-0.1, -0.05) is 18.2 Å². The molecule has 1 aliphatic heterocycles. The van der Waals surface area contributed by atoms with E-state index in [9.17, 15) is 0 Å². The van der Waals surface area contributed by atoms with Crippen LogP contribution in [-0.2, 0) is 0 Å². The Morgan fingerprint density at radius 3 is 2.64 bits per heavy atom. The monoisotopic (exact) mass is 190 g/mol. The van der Waals surface area contributed by atoms with Crippen LogP contribution in [0.4, 0.5) is 5.69 Å². The van der Waals surface area contributed by atoms with Gasteiger partial charge in [-0.25, -0.2) is 0 Å². The molecule has 1 heterocycles. The first kappa shape index (κ1) is 9.53. The first-order chi connectivity index (χ1) is 6.58. The second kappa shape index (κ2) is 3.28. The zero-order chi connectivity index (χ0) is 10.2. The van der Waals surface area contributed by atoms with Crippen LogP contribution in [0, 0.1) is 6.92 Å². The Hall–Kier alpha value is -1.02. The lowest BCUT2D eigenvalue weighted by Gasteiger charge is -2.23. The topological polar surface area (TPSA) is 29.3 Å². The van der Waals surface area contributed by atoms with Crippen LogP contribution in [0.25, 0.3) is 0 Å². The van der Waals surface area contributed by atoms with Crippen LogP contribution in [0.3, 0.4) is 0 Å². The van der Waals surface area contributed by atoms with E-state index in [1.165, 1.54) is 11.3 Å². The zero-order valence-electron chi connectivity index (χ0n) is 8.96. The van der Waals surface area contributed by atoms with Crippen molar-refractivity contribution in [2.45, 2.75) is 25.8 Å². The predicted octanol–water partition coefficient (Wildman–Crippen LogP) is 1.92. The largest absolute Gasteiger partial charge is 0.369 e. The zero-order valence-corrected chi connectivity index (χ0v) is 8.96. The van der Waals surface area contributed by atoms with E-state index < -0.39 is 0 Å². The highest BCUT2D eigenvalue weighted by atomic mass is 15.2. The molecule has 1 atom stereocenters. The van der Waals surface area contributed by atoms with Crippen molar-refractivity contribution in [3.63, 3.8) is 0 Å². The van der Waals surface area contributed by atoms with E-state index >= 15 is 0 Å². The minimum Gasteiger partial charge on any atom is -0.369 e. The maximum Gasteiger partial charge on any atom is 0.0396 e. The Bertz CT molecular complexity index is 331. The summed E-state index contributed by atoms with van der Waals surface area (Å²) in [6, 6.07) is 8.50. The Morgan fingerprint density at radius 1 is 1.36 bits per heavy atom. The van der Waals surface area contributed by atoms with E-state index in [-0.39, 0.29) is 5.54 Å². The third-order valence-electron chi connectivity index (χ3n) is 2.96. The van der Waals surface area contributed by atoms with E-state index in [1.807, 2.05) is 0 Å². The Labute approximate surface area is 85.7 Å². The minimum absolute atomic E-state index is 0.0116. The van der Waals surface area contributed by atoms with Gasteiger partial charge in [0, 0.05) is 24.3 Å². The van der Waals surface area contributed by atoms with Crippen molar-refractivity contribution in [1.82, 2.24) is 0 Å². The molecule has 0 aromatic heterocycles. The minimum atomic E-state index is -0.0116. The van der Waals surface area contributed by atoms with Gasteiger partial charge in [0.15, 0.2) is 0 Å². The summed E-state index contributed by atoms with van der Waals surface area (Å²) >= 11 is 0. The van der Waals surface area contributed by atoms with E-state index in [1.54, 1.807) is 0 Å².